The topological polar surface area (TPSA) is 3.24 Å². The quantitative estimate of drug-likeness (QED) is 0.551. The maximum Gasteiger partial charge on any atom is 0.0210 e. The van der Waals surface area contributed by atoms with Crippen molar-refractivity contribution in [1.82, 2.24) is 4.67 Å². The molecular weight excluding hydrogens is 153 g/mol. The summed E-state index contributed by atoms with van der Waals surface area (Å²) in [7, 11) is 2.89. The van der Waals surface area contributed by atoms with E-state index in [9.17, 15) is 0 Å². The van der Waals surface area contributed by atoms with Crippen molar-refractivity contribution in [3.05, 3.63) is 0 Å². The van der Waals surface area contributed by atoms with Crippen LogP contribution in [0.3, 0.4) is 0 Å². The van der Waals surface area contributed by atoms with Crippen molar-refractivity contribution in [2.45, 2.75) is 51.5 Å². The first kappa shape index (κ1) is 9.48. The maximum atomic E-state index is 2.89. The van der Waals surface area contributed by atoms with Crippen LogP contribution in [-0.4, -0.2) is 16.8 Å². The zero-order valence-electron chi connectivity index (χ0n) is 7.77. The van der Waals surface area contributed by atoms with E-state index < -0.39 is 0 Å². The summed E-state index contributed by atoms with van der Waals surface area (Å²) in [6.45, 7) is 5.93. The molecule has 0 spiro atoms. The fourth-order valence-corrected chi connectivity index (χ4v) is 2.25. The molecule has 1 saturated heterocycles. The Kier molecular flexibility index (Phi) is 3.33. The lowest BCUT2D eigenvalue weighted by atomic mass is 9.93. The highest BCUT2D eigenvalue weighted by atomic mass is 31.0. The molecule has 0 aromatic carbocycles. The summed E-state index contributed by atoms with van der Waals surface area (Å²) in [5, 5.41) is 0. The van der Waals surface area contributed by atoms with Gasteiger partial charge in [0.25, 0.3) is 0 Å². The minimum Gasteiger partial charge on any atom is -0.282 e. The monoisotopic (exact) mass is 173 g/mol. The molecule has 66 valence electrons. The van der Waals surface area contributed by atoms with E-state index in [0.717, 1.165) is 0 Å². The van der Waals surface area contributed by atoms with Gasteiger partial charge in [-0.2, -0.15) is 0 Å². The highest BCUT2D eigenvalue weighted by Crippen LogP contribution is 2.32. The third kappa shape index (κ3) is 2.16. The van der Waals surface area contributed by atoms with E-state index >= 15 is 0 Å². The average molecular weight is 173 g/mol. The van der Waals surface area contributed by atoms with Crippen LogP contribution in [-0.2, 0) is 0 Å². The molecule has 0 aromatic rings. The largest absolute Gasteiger partial charge is 0.282 e. The minimum atomic E-state index is 0.459. The summed E-state index contributed by atoms with van der Waals surface area (Å²) in [6.07, 6.45) is 6.85. The lowest BCUT2D eigenvalue weighted by Crippen LogP contribution is -2.38. The standard InChI is InChI=1S/C9H20NP/c1-3-9(2)7-5-4-6-8-10(9)11/h3-8,11H2,1-2H3. The molecule has 2 atom stereocenters. The molecule has 2 unspecified atom stereocenters. The fourth-order valence-electron chi connectivity index (χ4n) is 1.76. The van der Waals surface area contributed by atoms with Gasteiger partial charge in [-0.1, -0.05) is 29.2 Å². The first-order valence-electron chi connectivity index (χ1n) is 4.71. The van der Waals surface area contributed by atoms with Crippen LogP contribution in [0.4, 0.5) is 0 Å². The van der Waals surface area contributed by atoms with Crippen molar-refractivity contribution in [3.8, 4) is 0 Å². The number of rotatable bonds is 1. The van der Waals surface area contributed by atoms with Crippen LogP contribution in [0.1, 0.15) is 46.0 Å². The Balaban J connectivity index is 2.58. The Morgan fingerprint density at radius 2 is 2.09 bits per heavy atom. The molecule has 0 saturated carbocycles. The zero-order chi connectivity index (χ0) is 8.32. The van der Waals surface area contributed by atoms with E-state index in [1.807, 2.05) is 0 Å². The van der Waals surface area contributed by atoms with Gasteiger partial charge in [0.15, 0.2) is 0 Å². The van der Waals surface area contributed by atoms with Gasteiger partial charge < -0.3 is 0 Å². The van der Waals surface area contributed by atoms with E-state index in [-0.39, 0.29) is 0 Å². The second kappa shape index (κ2) is 3.87. The molecule has 1 heterocycles. The predicted octanol–water partition coefficient (Wildman–Crippen LogP) is 2.82. The van der Waals surface area contributed by atoms with Gasteiger partial charge in [0, 0.05) is 12.1 Å². The summed E-state index contributed by atoms with van der Waals surface area (Å²) < 4.78 is 2.46. The average Bonchev–Trinajstić information content (AvgIpc) is 2.16. The van der Waals surface area contributed by atoms with Crippen molar-refractivity contribution in [2.24, 2.45) is 0 Å². The second-order valence-corrected chi connectivity index (χ2v) is 4.48. The van der Waals surface area contributed by atoms with Crippen molar-refractivity contribution in [2.75, 3.05) is 6.54 Å². The van der Waals surface area contributed by atoms with E-state index in [2.05, 4.69) is 27.9 Å². The van der Waals surface area contributed by atoms with Crippen LogP contribution in [0, 0.1) is 0 Å². The van der Waals surface area contributed by atoms with Gasteiger partial charge in [0.1, 0.15) is 0 Å². The van der Waals surface area contributed by atoms with Crippen LogP contribution in [0.25, 0.3) is 0 Å². The first-order chi connectivity index (χ1) is 5.19. The highest BCUT2D eigenvalue weighted by Gasteiger charge is 2.28. The molecule has 0 radical (unpaired) electrons. The van der Waals surface area contributed by atoms with E-state index in [1.54, 1.807) is 0 Å². The third-order valence-corrected chi connectivity index (χ3v) is 3.95. The van der Waals surface area contributed by atoms with Crippen LogP contribution in [0.15, 0.2) is 0 Å². The van der Waals surface area contributed by atoms with Gasteiger partial charge in [-0.3, -0.25) is 4.67 Å². The molecule has 0 bridgehead atoms. The first-order valence-corrected chi connectivity index (χ1v) is 5.23. The maximum absolute atomic E-state index is 2.89. The lowest BCUT2D eigenvalue weighted by molar-refractivity contribution is 0.215. The van der Waals surface area contributed by atoms with Gasteiger partial charge in [-0.05, 0) is 26.2 Å². The molecule has 0 amide bonds. The molecule has 0 N–H and O–H groups in total. The van der Waals surface area contributed by atoms with Crippen LogP contribution < -0.4 is 0 Å². The van der Waals surface area contributed by atoms with Gasteiger partial charge in [-0.15, -0.1) is 0 Å². The summed E-state index contributed by atoms with van der Waals surface area (Å²) in [6, 6.07) is 0. The molecule has 1 fully saturated rings. The molecular formula is C9H20NP. The fraction of sp³-hybridized carbons (Fsp3) is 1.00. The Bertz CT molecular complexity index is 127. The van der Waals surface area contributed by atoms with Gasteiger partial charge in [0.05, 0.1) is 0 Å². The number of nitrogens with zero attached hydrogens (tertiary/aromatic N) is 1. The van der Waals surface area contributed by atoms with E-state index in [4.69, 9.17) is 0 Å². The molecule has 1 rings (SSSR count). The van der Waals surface area contributed by atoms with Crippen LogP contribution in [0.5, 0.6) is 0 Å². The van der Waals surface area contributed by atoms with Gasteiger partial charge in [0.2, 0.25) is 0 Å². The molecule has 1 aliphatic rings. The van der Waals surface area contributed by atoms with Crippen molar-refractivity contribution in [3.63, 3.8) is 0 Å². The Morgan fingerprint density at radius 1 is 1.36 bits per heavy atom. The minimum absolute atomic E-state index is 0.459. The van der Waals surface area contributed by atoms with Crippen molar-refractivity contribution >= 4 is 9.39 Å². The molecule has 2 heteroatoms. The van der Waals surface area contributed by atoms with E-state index in [1.165, 1.54) is 38.6 Å². The Morgan fingerprint density at radius 3 is 2.73 bits per heavy atom. The molecule has 1 aliphatic heterocycles. The van der Waals surface area contributed by atoms with Crippen molar-refractivity contribution < 1.29 is 0 Å². The van der Waals surface area contributed by atoms with Gasteiger partial charge in [-0.25, -0.2) is 0 Å². The lowest BCUT2D eigenvalue weighted by Gasteiger charge is -2.36. The highest BCUT2D eigenvalue weighted by molar-refractivity contribution is 7.13. The van der Waals surface area contributed by atoms with Crippen LogP contribution in [0.2, 0.25) is 0 Å². The Hall–Kier alpha value is 0.390. The van der Waals surface area contributed by atoms with Crippen molar-refractivity contribution in [1.29, 1.82) is 0 Å². The predicted molar refractivity (Wildman–Crippen MR) is 53.6 cm³/mol. The summed E-state index contributed by atoms with van der Waals surface area (Å²) in [4.78, 5) is 0. The SMILES string of the molecule is CCC1(C)CCCCCN1P. The molecule has 0 aliphatic carbocycles. The molecule has 11 heavy (non-hydrogen) atoms. The summed E-state index contributed by atoms with van der Waals surface area (Å²) in [5.74, 6) is 0. The normalized spacial score (nSPS) is 35.2. The summed E-state index contributed by atoms with van der Waals surface area (Å²) in [5.41, 5.74) is 0.459. The Labute approximate surface area is 72.8 Å². The summed E-state index contributed by atoms with van der Waals surface area (Å²) >= 11 is 0. The van der Waals surface area contributed by atoms with Gasteiger partial charge >= 0.3 is 0 Å². The van der Waals surface area contributed by atoms with Crippen LogP contribution >= 0.6 is 9.39 Å². The smallest absolute Gasteiger partial charge is 0.0210 e. The second-order valence-electron chi connectivity index (χ2n) is 3.85. The third-order valence-electron chi connectivity index (χ3n) is 3.07. The van der Waals surface area contributed by atoms with E-state index in [0.29, 0.717) is 5.54 Å². The number of hydrogen-bond acceptors (Lipinski definition) is 1. The molecule has 0 aromatic heterocycles. The number of hydrogen-bond donors (Lipinski definition) is 0. The molecule has 1 nitrogen and oxygen atoms in total. The zero-order valence-corrected chi connectivity index (χ0v) is 8.92.